The number of hydrogen-bond acceptors (Lipinski definition) is 8. The number of likely N-dealkylation sites (N-methyl/N-ethyl adjacent to an activating group) is 1. The number of aromatic nitrogens is 4. The fraction of sp³-hybridized carbons (Fsp3) is 0.400. The number of oxazole rings is 1. The Morgan fingerprint density at radius 1 is 0.882 bits per heavy atom. The molecule has 2 aliphatic rings. The van der Waals surface area contributed by atoms with Gasteiger partial charge in [0, 0.05) is 57.1 Å². The molecule has 0 aliphatic carbocycles. The van der Waals surface area contributed by atoms with Crippen LogP contribution >= 0.6 is 0 Å². The molecule has 1 aromatic carbocycles. The molecule has 0 radical (unpaired) electrons. The van der Waals surface area contributed by atoms with Crippen molar-refractivity contribution in [2.45, 2.75) is 6.92 Å². The Morgan fingerprint density at radius 2 is 1.71 bits per heavy atom. The van der Waals surface area contributed by atoms with Crippen LogP contribution in [0.3, 0.4) is 0 Å². The van der Waals surface area contributed by atoms with E-state index in [2.05, 4.69) is 59.0 Å². The Kier molecular flexibility index (Phi) is 5.43. The van der Waals surface area contributed by atoms with Crippen molar-refractivity contribution in [3.05, 3.63) is 48.2 Å². The molecule has 2 fully saturated rings. The van der Waals surface area contributed by atoms with E-state index in [0.29, 0.717) is 30.8 Å². The lowest BCUT2D eigenvalue weighted by molar-refractivity contribution is 0.123. The number of ether oxygens (including phenoxy) is 1. The van der Waals surface area contributed by atoms with Crippen molar-refractivity contribution in [3.8, 4) is 17.1 Å². The van der Waals surface area contributed by atoms with Gasteiger partial charge < -0.3 is 23.9 Å². The number of anilines is 2. The minimum atomic E-state index is 0.542. The molecule has 9 nitrogen and oxygen atoms in total. The maximum Gasteiger partial charge on any atom is 0.299 e. The van der Waals surface area contributed by atoms with Crippen LogP contribution in [0.25, 0.3) is 28.3 Å². The first-order chi connectivity index (χ1) is 16.6. The molecule has 0 N–H and O–H groups in total. The van der Waals surface area contributed by atoms with E-state index in [1.807, 2.05) is 16.9 Å². The molecule has 6 rings (SSSR count). The second-order valence-corrected chi connectivity index (χ2v) is 9.05. The van der Waals surface area contributed by atoms with Gasteiger partial charge in [0.1, 0.15) is 0 Å². The Labute approximate surface area is 198 Å². The van der Waals surface area contributed by atoms with Crippen LogP contribution in [-0.2, 0) is 4.74 Å². The summed E-state index contributed by atoms with van der Waals surface area (Å²) in [5.74, 6) is 0.717. The molecule has 9 heteroatoms. The Balaban J connectivity index is 1.41. The van der Waals surface area contributed by atoms with Crippen LogP contribution in [-0.4, -0.2) is 84.2 Å². The van der Waals surface area contributed by atoms with Gasteiger partial charge in [-0.05, 0) is 26.1 Å². The highest BCUT2D eigenvalue weighted by molar-refractivity contribution is 5.87. The van der Waals surface area contributed by atoms with Crippen LogP contribution in [0.1, 0.15) is 5.56 Å². The quantitative estimate of drug-likeness (QED) is 0.461. The van der Waals surface area contributed by atoms with Crippen LogP contribution in [0.2, 0.25) is 0 Å². The molecule has 0 atom stereocenters. The van der Waals surface area contributed by atoms with Gasteiger partial charge in [-0.2, -0.15) is 15.1 Å². The van der Waals surface area contributed by atoms with E-state index in [4.69, 9.17) is 24.2 Å². The normalized spacial score (nSPS) is 17.6. The fourth-order valence-corrected chi connectivity index (χ4v) is 4.58. The van der Waals surface area contributed by atoms with Crippen LogP contribution in [0.5, 0.6) is 0 Å². The van der Waals surface area contributed by atoms with E-state index < -0.39 is 0 Å². The molecular formula is C25H29N7O2. The van der Waals surface area contributed by atoms with Gasteiger partial charge in [-0.1, -0.05) is 23.8 Å². The number of hydrogen-bond donors (Lipinski definition) is 0. The van der Waals surface area contributed by atoms with Crippen molar-refractivity contribution < 1.29 is 9.15 Å². The number of piperazine rings is 1. The number of morpholine rings is 1. The standard InChI is InChI=1S/C25H29N7O2/c1-18-4-3-5-19(16-18)20-6-7-32(28-20)22-17-21(30-12-14-33-15-13-30)23-24(26-22)34-25(27-23)31-10-8-29(2)9-11-31/h3-7,16-17H,8-15H2,1-2H3. The average molecular weight is 460 g/mol. The molecule has 0 saturated carbocycles. The third-order valence-corrected chi connectivity index (χ3v) is 6.59. The van der Waals surface area contributed by atoms with Crippen LogP contribution in [0.4, 0.5) is 11.7 Å². The van der Waals surface area contributed by atoms with Gasteiger partial charge in [0.15, 0.2) is 11.3 Å². The van der Waals surface area contributed by atoms with Crippen molar-refractivity contribution in [1.82, 2.24) is 24.6 Å². The number of nitrogens with zero attached hydrogens (tertiary/aromatic N) is 7. The van der Waals surface area contributed by atoms with Crippen molar-refractivity contribution in [3.63, 3.8) is 0 Å². The van der Waals surface area contributed by atoms with Gasteiger partial charge in [-0.3, -0.25) is 0 Å². The van der Waals surface area contributed by atoms with Crippen LogP contribution < -0.4 is 9.80 Å². The molecule has 176 valence electrons. The minimum absolute atomic E-state index is 0.542. The van der Waals surface area contributed by atoms with Crippen molar-refractivity contribution >= 4 is 22.9 Å². The summed E-state index contributed by atoms with van der Waals surface area (Å²) in [6, 6.07) is 13.1. The van der Waals surface area contributed by atoms with Gasteiger partial charge >= 0.3 is 0 Å². The third-order valence-electron chi connectivity index (χ3n) is 6.59. The van der Waals surface area contributed by atoms with Crippen molar-refractivity contribution in [1.29, 1.82) is 0 Å². The molecule has 0 unspecified atom stereocenters. The second-order valence-electron chi connectivity index (χ2n) is 9.05. The maximum absolute atomic E-state index is 6.23. The van der Waals surface area contributed by atoms with E-state index >= 15 is 0 Å². The number of rotatable bonds is 4. The number of fused-ring (bicyclic) bond motifs is 1. The summed E-state index contributed by atoms with van der Waals surface area (Å²) in [4.78, 5) is 16.6. The summed E-state index contributed by atoms with van der Waals surface area (Å²) in [6.45, 7) is 8.86. The summed E-state index contributed by atoms with van der Waals surface area (Å²) in [5, 5.41) is 4.82. The lowest BCUT2D eigenvalue weighted by Crippen LogP contribution is -2.44. The highest BCUT2D eigenvalue weighted by Crippen LogP contribution is 2.32. The zero-order valence-corrected chi connectivity index (χ0v) is 19.6. The van der Waals surface area contributed by atoms with Crippen LogP contribution in [0.15, 0.2) is 47.0 Å². The minimum Gasteiger partial charge on any atom is -0.404 e. The summed E-state index contributed by atoms with van der Waals surface area (Å²) in [7, 11) is 2.14. The van der Waals surface area contributed by atoms with E-state index in [1.165, 1.54) is 5.56 Å². The van der Waals surface area contributed by atoms with Gasteiger partial charge in [-0.15, -0.1) is 0 Å². The molecule has 0 bridgehead atoms. The highest BCUT2D eigenvalue weighted by Gasteiger charge is 2.24. The molecule has 4 aromatic rings. The lowest BCUT2D eigenvalue weighted by atomic mass is 10.1. The molecular weight excluding hydrogens is 430 g/mol. The van der Waals surface area contributed by atoms with Gasteiger partial charge in [0.25, 0.3) is 11.7 Å². The predicted molar refractivity (Wildman–Crippen MR) is 132 cm³/mol. The lowest BCUT2D eigenvalue weighted by Gasteiger charge is -2.31. The summed E-state index contributed by atoms with van der Waals surface area (Å²) in [5.41, 5.74) is 5.56. The summed E-state index contributed by atoms with van der Waals surface area (Å²) < 4.78 is 13.6. The fourth-order valence-electron chi connectivity index (χ4n) is 4.58. The monoisotopic (exact) mass is 459 g/mol. The number of pyridine rings is 1. The van der Waals surface area contributed by atoms with E-state index in [9.17, 15) is 0 Å². The topological polar surface area (TPSA) is 75.7 Å². The maximum atomic E-state index is 6.23. The van der Waals surface area contributed by atoms with Crippen molar-refractivity contribution in [2.75, 3.05) is 69.3 Å². The number of aryl methyl sites for hydroxylation is 1. The largest absolute Gasteiger partial charge is 0.404 e. The molecule has 3 aromatic heterocycles. The molecule has 2 saturated heterocycles. The zero-order valence-electron chi connectivity index (χ0n) is 19.6. The first-order valence-electron chi connectivity index (χ1n) is 11.8. The zero-order chi connectivity index (χ0) is 23.1. The Bertz CT molecular complexity index is 1300. The highest BCUT2D eigenvalue weighted by atomic mass is 16.5. The summed E-state index contributed by atoms with van der Waals surface area (Å²) in [6.07, 6.45) is 1.95. The van der Waals surface area contributed by atoms with E-state index in [0.717, 1.165) is 61.7 Å². The van der Waals surface area contributed by atoms with Gasteiger partial charge in [0.05, 0.1) is 24.6 Å². The predicted octanol–water partition coefficient (Wildman–Crippen LogP) is 2.97. The van der Waals surface area contributed by atoms with Gasteiger partial charge in [0.2, 0.25) is 0 Å². The Morgan fingerprint density at radius 3 is 2.50 bits per heavy atom. The van der Waals surface area contributed by atoms with E-state index in [1.54, 1.807) is 0 Å². The molecule has 0 spiro atoms. The molecule has 34 heavy (non-hydrogen) atoms. The van der Waals surface area contributed by atoms with Gasteiger partial charge in [-0.25, -0.2) is 4.68 Å². The third kappa shape index (κ3) is 4.01. The summed E-state index contributed by atoms with van der Waals surface area (Å²) >= 11 is 0. The SMILES string of the molecule is Cc1cccc(-c2ccn(-c3cc(N4CCOCC4)c4nc(N5CCN(C)CC5)oc4n3)n2)c1. The Hall–Kier alpha value is -3.43. The van der Waals surface area contributed by atoms with Crippen LogP contribution in [0, 0.1) is 6.92 Å². The molecule has 2 aliphatic heterocycles. The smallest absolute Gasteiger partial charge is 0.299 e. The first-order valence-corrected chi connectivity index (χ1v) is 11.8. The van der Waals surface area contributed by atoms with E-state index in [-0.39, 0.29) is 0 Å². The molecule has 5 heterocycles. The first kappa shape index (κ1) is 21.1. The van der Waals surface area contributed by atoms with Crippen molar-refractivity contribution in [2.24, 2.45) is 0 Å². The number of benzene rings is 1. The molecule has 0 amide bonds. The second kappa shape index (κ2) is 8.73. The average Bonchev–Trinajstić information content (AvgIpc) is 3.52.